The second-order valence-electron chi connectivity index (χ2n) is 1.01. The lowest BCUT2D eigenvalue weighted by molar-refractivity contribution is -0.117. The molecule has 0 aromatic carbocycles. The van der Waals surface area contributed by atoms with E-state index in [4.69, 9.17) is 5.11 Å². The van der Waals surface area contributed by atoms with Gasteiger partial charge in [0.25, 0.3) is 0 Å². The molecule has 0 fully saturated rings. The Kier molecular flexibility index (Phi) is 3.02. The Labute approximate surface area is 51.3 Å². The fourth-order valence-corrected chi connectivity index (χ4v) is 0.238. The third kappa shape index (κ3) is 3.48. The lowest BCUT2D eigenvalue weighted by Gasteiger charge is -1.90. The molecule has 8 heavy (non-hydrogen) atoms. The van der Waals surface area contributed by atoms with E-state index in [1.54, 1.807) is 5.32 Å². The predicted octanol–water partition coefficient (Wildman–Crippen LogP) is -0.290. The molecule has 0 aliphatic rings. The van der Waals surface area contributed by atoms with Crippen LogP contribution in [0.2, 0.25) is 0 Å². The van der Waals surface area contributed by atoms with Gasteiger partial charge in [0.2, 0.25) is 5.91 Å². The molecule has 0 atom stereocenters. The van der Waals surface area contributed by atoms with Gasteiger partial charge in [-0.05, 0) is 0 Å². The van der Waals surface area contributed by atoms with Crippen molar-refractivity contribution in [2.45, 2.75) is 0 Å². The van der Waals surface area contributed by atoms with Gasteiger partial charge in [0.1, 0.15) is 0 Å². The maximum Gasteiger partial charge on any atom is 0.411 e. The van der Waals surface area contributed by atoms with Gasteiger partial charge in [-0.3, -0.25) is 10.1 Å². The monoisotopic (exact) mass is 135 g/mol. The third-order valence-electron chi connectivity index (χ3n) is 0.390. The molecule has 0 unspecified atom stereocenters. The predicted molar refractivity (Wildman–Crippen MR) is 30.0 cm³/mol. The van der Waals surface area contributed by atoms with E-state index < -0.39 is 12.0 Å². The number of carboxylic acid groups (broad SMARTS) is 1. The summed E-state index contributed by atoms with van der Waals surface area (Å²) in [6.45, 7) is 0. The molecule has 0 saturated carbocycles. The first kappa shape index (κ1) is 7.29. The minimum atomic E-state index is -1.34. The Morgan fingerprint density at radius 3 is 2.25 bits per heavy atom. The zero-order chi connectivity index (χ0) is 6.57. The summed E-state index contributed by atoms with van der Waals surface area (Å²) in [6.07, 6.45) is -1.34. The van der Waals surface area contributed by atoms with Gasteiger partial charge in [-0.1, -0.05) is 0 Å². The molecular weight excluding hydrogens is 130 g/mol. The van der Waals surface area contributed by atoms with Crippen molar-refractivity contribution in [1.82, 2.24) is 5.32 Å². The number of rotatable bonds is 1. The smallest absolute Gasteiger partial charge is 0.411 e. The number of nitrogens with one attached hydrogen (secondary N) is 1. The first-order valence-corrected chi connectivity index (χ1v) is 2.43. The first-order chi connectivity index (χ1) is 3.66. The van der Waals surface area contributed by atoms with E-state index in [0.29, 0.717) is 0 Å². The van der Waals surface area contributed by atoms with Crippen LogP contribution in [0.5, 0.6) is 0 Å². The third-order valence-corrected chi connectivity index (χ3v) is 0.677. The molecular formula is C3H5NO3S. The minimum Gasteiger partial charge on any atom is -0.465 e. The van der Waals surface area contributed by atoms with E-state index in [0.717, 1.165) is 0 Å². The maximum atomic E-state index is 10.1. The highest BCUT2D eigenvalue weighted by molar-refractivity contribution is 7.81. The summed E-state index contributed by atoms with van der Waals surface area (Å²) in [5.74, 6) is -0.715. The average Bonchev–Trinajstić information content (AvgIpc) is 1.65. The van der Waals surface area contributed by atoms with Crippen molar-refractivity contribution >= 4 is 24.6 Å². The van der Waals surface area contributed by atoms with Crippen LogP contribution in [0, 0.1) is 0 Å². The molecule has 5 heteroatoms. The Morgan fingerprint density at radius 1 is 1.62 bits per heavy atom. The van der Waals surface area contributed by atoms with Crippen molar-refractivity contribution in [3.05, 3.63) is 0 Å². The highest BCUT2D eigenvalue weighted by Crippen LogP contribution is 1.71. The lowest BCUT2D eigenvalue weighted by atomic mass is 10.7. The number of hydrogen-bond acceptors (Lipinski definition) is 3. The van der Waals surface area contributed by atoms with E-state index in [1.807, 2.05) is 0 Å². The van der Waals surface area contributed by atoms with Crippen molar-refractivity contribution in [3.8, 4) is 0 Å². The standard InChI is InChI=1S/C3H5NO3S/c5-2(1-8)4-3(6)7/h8H,1H2,(H,4,5)(H,6,7). The first-order valence-electron chi connectivity index (χ1n) is 1.80. The van der Waals surface area contributed by atoms with Gasteiger partial charge < -0.3 is 5.11 Å². The van der Waals surface area contributed by atoms with Crippen LogP contribution in [-0.4, -0.2) is 22.9 Å². The molecule has 0 spiro atoms. The van der Waals surface area contributed by atoms with E-state index >= 15 is 0 Å². The summed E-state index contributed by atoms with van der Waals surface area (Å²) in [5.41, 5.74) is 0. The summed E-state index contributed by atoms with van der Waals surface area (Å²) in [7, 11) is 0. The SMILES string of the molecule is O=C(O)NC(=O)CS. The number of hydrogen-bond donors (Lipinski definition) is 3. The van der Waals surface area contributed by atoms with Gasteiger partial charge in [0, 0.05) is 0 Å². The molecule has 46 valence electrons. The maximum absolute atomic E-state index is 10.1. The normalized spacial score (nSPS) is 8.12. The number of thiol groups is 1. The molecule has 0 aliphatic heterocycles. The van der Waals surface area contributed by atoms with Crippen LogP contribution < -0.4 is 5.32 Å². The van der Waals surface area contributed by atoms with Crippen LogP contribution in [0.25, 0.3) is 0 Å². The van der Waals surface area contributed by atoms with Crippen LogP contribution in [0.3, 0.4) is 0 Å². The van der Waals surface area contributed by atoms with Gasteiger partial charge in [-0.25, -0.2) is 4.79 Å². The fraction of sp³-hybridized carbons (Fsp3) is 0.333. The largest absolute Gasteiger partial charge is 0.465 e. The second-order valence-corrected chi connectivity index (χ2v) is 1.33. The summed E-state index contributed by atoms with van der Waals surface area (Å²) in [4.78, 5) is 19.7. The zero-order valence-corrected chi connectivity index (χ0v) is 4.81. The number of imide groups is 1. The summed E-state index contributed by atoms with van der Waals surface area (Å²) in [6, 6.07) is 0. The molecule has 0 rings (SSSR count). The number of carbonyl (C=O) groups is 2. The van der Waals surface area contributed by atoms with Gasteiger partial charge in [-0.2, -0.15) is 12.6 Å². The summed E-state index contributed by atoms with van der Waals surface area (Å²) >= 11 is 3.51. The topological polar surface area (TPSA) is 66.4 Å². The molecule has 0 heterocycles. The van der Waals surface area contributed by atoms with E-state index in [2.05, 4.69) is 12.6 Å². The summed E-state index contributed by atoms with van der Waals surface area (Å²) < 4.78 is 0. The quantitative estimate of drug-likeness (QED) is 0.433. The van der Waals surface area contributed by atoms with Crippen LogP contribution in [0.1, 0.15) is 0 Å². The van der Waals surface area contributed by atoms with Crippen LogP contribution >= 0.6 is 12.6 Å². The molecule has 0 saturated heterocycles. The fourth-order valence-electron chi connectivity index (χ4n) is 0.159. The molecule has 2 amide bonds. The van der Waals surface area contributed by atoms with Gasteiger partial charge >= 0.3 is 6.09 Å². The molecule has 0 aliphatic carbocycles. The molecule has 0 radical (unpaired) electrons. The minimum absolute atomic E-state index is 0.105. The van der Waals surface area contributed by atoms with Crippen molar-refractivity contribution < 1.29 is 14.7 Å². The number of amides is 2. The zero-order valence-electron chi connectivity index (χ0n) is 3.92. The molecule has 0 aromatic heterocycles. The molecule has 2 N–H and O–H groups in total. The van der Waals surface area contributed by atoms with Crippen molar-refractivity contribution in [3.63, 3.8) is 0 Å². The van der Waals surface area contributed by atoms with Gasteiger partial charge in [0.05, 0.1) is 5.75 Å². The Bertz CT molecular complexity index is 113. The van der Waals surface area contributed by atoms with E-state index in [-0.39, 0.29) is 5.75 Å². The molecule has 4 nitrogen and oxygen atoms in total. The van der Waals surface area contributed by atoms with Crippen molar-refractivity contribution in [2.75, 3.05) is 5.75 Å². The Hall–Kier alpha value is -0.710. The Balaban J connectivity index is 3.40. The van der Waals surface area contributed by atoms with Crippen LogP contribution in [-0.2, 0) is 4.79 Å². The van der Waals surface area contributed by atoms with Crippen molar-refractivity contribution in [1.29, 1.82) is 0 Å². The van der Waals surface area contributed by atoms with Gasteiger partial charge in [0.15, 0.2) is 0 Å². The Morgan fingerprint density at radius 2 is 2.12 bits per heavy atom. The number of carbonyl (C=O) groups excluding carboxylic acids is 1. The average molecular weight is 135 g/mol. The molecule has 0 aromatic rings. The second kappa shape index (κ2) is 3.31. The summed E-state index contributed by atoms with van der Waals surface area (Å²) in [5, 5.41) is 9.44. The molecule has 0 bridgehead atoms. The highest BCUT2D eigenvalue weighted by Gasteiger charge is 1.99. The van der Waals surface area contributed by atoms with E-state index in [1.165, 1.54) is 0 Å². The lowest BCUT2D eigenvalue weighted by Crippen LogP contribution is -2.29. The van der Waals surface area contributed by atoms with Crippen LogP contribution in [0.4, 0.5) is 4.79 Å². The van der Waals surface area contributed by atoms with Gasteiger partial charge in [-0.15, -0.1) is 0 Å². The van der Waals surface area contributed by atoms with E-state index in [9.17, 15) is 9.59 Å². The van der Waals surface area contributed by atoms with Crippen molar-refractivity contribution in [2.24, 2.45) is 0 Å². The van der Waals surface area contributed by atoms with Crippen LogP contribution in [0.15, 0.2) is 0 Å². The highest BCUT2D eigenvalue weighted by atomic mass is 32.1.